The quantitative estimate of drug-likeness (QED) is 0.654. The first-order valence-corrected chi connectivity index (χ1v) is 10.9. The van der Waals surface area contributed by atoms with Crippen molar-refractivity contribution in [3.8, 4) is 11.3 Å². The van der Waals surface area contributed by atoms with Gasteiger partial charge >= 0.3 is 0 Å². The number of hydrogen-bond donors (Lipinski definition) is 1. The number of amidine groups is 1. The molecule has 0 radical (unpaired) electrons. The van der Waals surface area contributed by atoms with Crippen LogP contribution < -0.4 is 10.2 Å². The minimum absolute atomic E-state index is 0.266. The number of nitrogens with one attached hydrogen (secondary N) is 1. The highest BCUT2D eigenvalue weighted by Crippen LogP contribution is 2.32. The molecular weight excluding hydrogens is 397 g/mol. The second-order valence-corrected chi connectivity index (χ2v) is 7.62. The summed E-state index contributed by atoms with van der Waals surface area (Å²) in [7, 11) is 0. The van der Waals surface area contributed by atoms with Crippen LogP contribution in [0.4, 0.5) is 15.8 Å². The Morgan fingerprint density at radius 3 is 2.90 bits per heavy atom. The summed E-state index contributed by atoms with van der Waals surface area (Å²) < 4.78 is 24.7. The van der Waals surface area contributed by atoms with Gasteiger partial charge in [-0.05, 0) is 25.1 Å². The summed E-state index contributed by atoms with van der Waals surface area (Å²) in [5.74, 6) is 0.663. The Morgan fingerprint density at radius 2 is 2.10 bits per heavy atom. The zero-order valence-corrected chi connectivity index (χ0v) is 18.0. The Balaban J connectivity index is 1.51. The van der Waals surface area contributed by atoms with Gasteiger partial charge in [-0.1, -0.05) is 12.1 Å². The average molecular weight is 428 g/mol. The van der Waals surface area contributed by atoms with Crippen molar-refractivity contribution in [2.45, 2.75) is 6.92 Å². The van der Waals surface area contributed by atoms with Crippen LogP contribution >= 0.6 is 0 Å². The lowest BCUT2D eigenvalue weighted by Gasteiger charge is -2.33. The van der Waals surface area contributed by atoms with Crippen LogP contribution in [0.15, 0.2) is 41.5 Å². The number of fused-ring (bicyclic) bond motifs is 1. The Labute approximate surface area is 182 Å². The van der Waals surface area contributed by atoms with Crippen molar-refractivity contribution >= 4 is 17.2 Å². The van der Waals surface area contributed by atoms with E-state index in [9.17, 15) is 4.39 Å². The number of morpholine rings is 1. The topological polar surface area (TPSA) is 62.2 Å². The van der Waals surface area contributed by atoms with Crippen molar-refractivity contribution in [2.24, 2.45) is 4.99 Å². The van der Waals surface area contributed by atoms with E-state index in [0.29, 0.717) is 19.8 Å². The van der Waals surface area contributed by atoms with Gasteiger partial charge in [-0.3, -0.25) is 14.9 Å². The number of ether oxygens (including phenoxy) is 2. The number of pyridine rings is 1. The molecule has 4 rings (SSSR count). The molecule has 0 unspecified atom stereocenters. The number of aromatic nitrogens is 1. The number of benzene rings is 1. The first-order chi connectivity index (χ1) is 15.2. The van der Waals surface area contributed by atoms with Gasteiger partial charge in [0.2, 0.25) is 0 Å². The lowest BCUT2D eigenvalue weighted by Crippen LogP contribution is -2.41. The normalized spacial score (nSPS) is 18.1. The van der Waals surface area contributed by atoms with Crippen LogP contribution in [-0.4, -0.2) is 81.4 Å². The molecule has 31 heavy (non-hydrogen) atoms. The van der Waals surface area contributed by atoms with Crippen LogP contribution in [0.25, 0.3) is 11.3 Å². The fraction of sp³-hybridized carbons (Fsp3) is 0.478. The van der Waals surface area contributed by atoms with Crippen molar-refractivity contribution in [3.63, 3.8) is 0 Å². The molecule has 1 N–H and O–H groups in total. The van der Waals surface area contributed by atoms with Crippen molar-refractivity contribution in [1.82, 2.24) is 9.88 Å². The molecule has 3 heterocycles. The Hall–Kier alpha value is -2.55. The highest BCUT2D eigenvalue weighted by atomic mass is 19.1. The predicted octanol–water partition coefficient (Wildman–Crippen LogP) is 2.89. The largest absolute Gasteiger partial charge is 0.380 e. The molecule has 0 spiro atoms. The zero-order valence-electron chi connectivity index (χ0n) is 18.0. The van der Waals surface area contributed by atoms with Gasteiger partial charge in [0.05, 0.1) is 56.2 Å². The molecule has 1 saturated heterocycles. The molecule has 1 aromatic carbocycles. The van der Waals surface area contributed by atoms with Crippen LogP contribution in [0.5, 0.6) is 0 Å². The molecule has 0 atom stereocenters. The van der Waals surface area contributed by atoms with Crippen LogP contribution in [0, 0.1) is 5.82 Å². The van der Waals surface area contributed by atoms with E-state index in [1.54, 1.807) is 12.3 Å². The molecule has 1 fully saturated rings. The van der Waals surface area contributed by atoms with Gasteiger partial charge in [0.1, 0.15) is 11.7 Å². The summed E-state index contributed by atoms with van der Waals surface area (Å²) in [6, 6.07) is 8.53. The van der Waals surface area contributed by atoms with Gasteiger partial charge in [-0.15, -0.1) is 0 Å². The molecule has 0 aliphatic carbocycles. The minimum atomic E-state index is -0.266. The van der Waals surface area contributed by atoms with E-state index in [0.717, 1.165) is 74.4 Å². The lowest BCUT2D eigenvalue weighted by atomic mass is 10.1. The van der Waals surface area contributed by atoms with Gasteiger partial charge in [0.15, 0.2) is 0 Å². The molecule has 0 saturated carbocycles. The molecule has 0 amide bonds. The van der Waals surface area contributed by atoms with Crippen LogP contribution in [0.1, 0.15) is 6.92 Å². The third-order valence-corrected chi connectivity index (χ3v) is 5.50. The standard InChI is InChI=1S/C23H30FN5O2/c1-2-30-13-10-29-17-23(25-6-7-28-8-11-31-12-9-28)27-21-16-26-20(15-22(21)29)18-4-3-5-19(24)14-18/h3-5,14-16H,2,6-13,17H2,1H3,(H,25,27). The third kappa shape index (κ3) is 5.78. The van der Waals surface area contributed by atoms with Crippen molar-refractivity contribution in [2.75, 3.05) is 75.9 Å². The Bertz CT molecular complexity index is 901. The highest BCUT2D eigenvalue weighted by molar-refractivity contribution is 6.04. The second kappa shape index (κ2) is 10.7. The monoisotopic (exact) mass is 427 g/mol. The molecule has 2 aliphatic rings. The summed E-state index contributed by atoms with van der Waals surface area (Å²) in [6.07, 6.45) is 1.81. The smallest absolute Gasteiger partial charge is 0.123 e. The maximum atomic E-state index is 13.7. The number of hydrogen-bond acceptors (Lipinski definition) is 6. The number of nitrogens with zero attached hydrogens (tertiary/aromatic N) is 4. The second-order valence-electron chi connectivity index (χ2n) is 7.62. The fourth-order valence-corrected chi connectivity index (χ4v) is 3.83. The number of anilines is 2. The van der Waals surface area contributed by atoms with Gasteiger partial charge in [0, 0.05) is 38.3 Å². The van der Waals surface area contributed by atoms with Crippen LogP contribution in [0.3, 0.4) is 0 Å². The summed E-state index contributed by atoms with van der Waals surface area (Å²) in [5.41, 5.74) is 3.45. The first kappa shape index (κ1) is 21.7. The van der Waals surface area contributed by atoms with Crippen molar-refractivity contribution < 1.29 is 13.9 Å². The summed E-state index contributed by atoms with van der Waals surface area (Å²) in [6.45, 7) is 9.94. The van der Waals surface area contributed by atoms with E-state index in [-0.39, 0.29) is 5.82 Å². The van der Waals surface area contributed by atoms with Gasteiger partial charge < -0.3 is 19.7 Å². The van der Waals surface area contributed by atoms with E-state index in [2.05, 4.69) is 20.1 Å². The van der Waals surface area contributed by atoms with Crippen molar-refractivity contribution in [1.29, 1.82) is 0 Å². The van der Waals surface area contributed by atoms with Gasteiger partial charge in [0.25, 0.3) is 0 Å². The van der Waals surface area contributed by atoms with E-state index >= 15 is 0 Å². The number of halogens is 1. The SMILES string of the molecule is CCOCCN1CC(=NCCN2CCOCC2)Nc2cnc(-c3cccc(F)c3)cc21. The number of rotatable bonds is 8. The van der Waals surface area contributed by atoms with Gasteiger partial charge in [-0.25, -0.2) is 4.39 Å². The van der Waals surface area contributed by atoms with Crippen LogP contribution in [0.2, 0.25) is 0 Å². The van der Waals surface area contributed by atoms with E-state index in [4.69, 9.17) is 14.5 Å². The summed E-state index contributed by atoms with van der Waals surface area (Å²) in [4.78, 5) is 14.0. The van der Waals surface area contributed by atoms with E-state index in [1.807, 2.05) is 19.1 Å². The fourth-order valence-electron chi connectivity index (χ4n) is 3.83. The minimum Gasteiger partial charge on any atom is -0.380 e. The molecule has 2 aromatic rings. The Kier molecular flexibility index (Phi) is 7.45. The van der Waals surface area contributed by atoms with Gasteiger partial charge in [-0.2, -0.15) is 0 Å². The molecule has 8 heteroatoms. The third-order valence-electron chi connectivity index (χ3n) is 5.50. The predicted molar refractivity (Wildman–Crippen MR) is 122 cm³/mol. The Morgan fingerprint density at radius 1 is 1.23 bits per heavy atom. The van der Waals surface area contributed by atoms with E-state index < -0.39 is 0 Å². The highest BCUT2D eigenvalue weighted by Gasteiger charge is 2.22. The number of aliphatic imine (C=N–C) groups is 1. The van der Waals surface area contributed by atoms with Crippen molar-refractivity contribution in [3.05, 3.63) is 42.3 Å². The summed E-state index contributed by atoms with van der Waals surface area (Å²) in [5, 5.41) is 3.43. The maximum absolute atomic E-state index is 13.7. The lowest BCUT2D eigenvalue weighted by molar-refractivity contribution is 0.0394. The molecule has 1 aromatic heterocycles. The molecule has 0 bridgehead atoms. The average Bonchev–Trinajstić information content (AvgIpc) is 2.80. The molecular formula is C23H30FN5O2. The first-order valence-electron chi connectivity index (χ1n) is 10.9. The summed E-state index contributed by atoms with van der Waals surface area (Å²) >= 11 is 0. The van der Waals surface area contributed by atoms with Crippen LogP contribution in [-0.2, 0) is 9.47 Å². The zero-order chi connectivity index (χ0) is 21.5. The molecule has 166 valence electrons. The maximum Gasteiger partial charge on any atom is 0.123 e. The van der Waals surface area contributed by atoms with E-state index in [1.165, 1.54) is 12.1 Å². The molecule has 2 aliphatic heterocycles. The molecule has 7 nitrogen and oxygen atoms in total.